The summed E-state index contributed by atoms with van der Waals surface area (Å²) in [5.41, 5.74) is 0.638. The van der Waals surface area contributed by atoms with Crippen LogP contribution in [0.4, 0.5) is 5.69 Å². The topological polar surface area (TPSA) is 64.6 Å². The van der Waals surface area contributed by atoms with Gasteiger partial charge in [-0.2, -0.15) is 0 Å². The molecule has 1 aromatic rings. The van der Waals surface area contributed by atoms with Crippen molar-refractivity contribution in [1.29, 1.82) is 0 Å². The lowest BCUT2D eigenvalue weighted by Gasteiger charge is -2.28. The fourth-order valence-electron chi connectivity index (χ4n) is 2.86. The van der Waals surface area contributed by atoms with Crippen molar-refractivity contribution in [3.63, 3.8) is 0 Å². The molecule has 1 aromatic carbocycles. The van der Waals surface area contributed by atoms with E-state index >= 15 is 0 Å². The van der Waals surface area contributed by atoms with Gasteiger partial charge in [-0.3, -0.25) is 9.59 Å². The second-order valence-electron chi connectivity index (χ2n) is 5.66. The molecule has 5 nitrogen and oxygen atoms in total. The molecule has 0 saturated heterocycles. The number of anilines is 1. The molecule has 0 aromatic heterocycles. The summed E-state index contributed by atoms with van der Waals surface area (Å²) in [6.45, 7) is 0. The van der Waals surface area contributed by atoms with Gasteiger partial charge in [-0.05, 0) is 37.1 Å². The third-order valence-electron chi connectivity index (χ3n) is 4.06. The molecule has 1 saturated carbocycles. The van der Waals surface area contributed by atoms with E-state index in [4.69, 9.17) is 21.1 Å². The molecule has 126 valence electrons. The second-order valence-corrected chi connectivity index (χ2v) is 5.93. The van der Waals surface area contributed by atoms with E-state index in [1.54, 1.807) is 31.4 Å². The van der Waals surface area contributed by atoms with Crippen molar-refractivity contribution in [3.05, 3.63) is 24.3 Å². The van der Waals surface area contributed by atoms with Crippen molar-refractivity contribution >= 4 is 29.2 Å². The van der Waals surface area contributed by atoms with Gasteiger partial charge >= 0.3 is 5.97 Å². The monoisotopic (exact) mass is 339 g/mol. The van der Waals surface area contributed by atoms with Crippen LogP contribution in [-0.2, 0) is 14.3 Å². The first kappa shape index (κ1) is 17.6. The minimum atomic E-state index is -0.788. The molecule has 1 N–H and O–H groups in total. The van der Waals surface area contributed by atoms with Crippen LogP contribution in [0.5, 0.6) is 5.75 Å². The van der Waals surface area contributed by atoms with E-state index in [0.717, 1.165) is 32.1 Å². The standard InChI is InChI=1S/C17H22ClNO4/c1-22-14-9-7-13(8-10-14)19-17(21)16(23-15(20)11-18)12-5-3-2-4-6-12/h7-10,12,16H,2-6,11H2,1H3,(H,19,21). The Morgan fingerprint density at radius 2 is 1.87 bits per heavy atom. The summed E-state index contributed by atoms with van der Waals surface area (Å²) < 4.78 is 10.4. The van der Waals surface area contributed by atoms with Gasteiger partial charge in [0, 0.05) is 11.6 Å². The largest absolute Gasteiger partial charge is 0.497 e. The number of methoxy groups -OCH3 is 1. The lowest BCUT2D eigenvalue weighted by molar-refractivity contribution is -0.155. The van der Waals surface area contributed by atoms with E-state index in [1.165, 1.54) is 0 Å². The van der Waals surface area contributed by atoms with Crippen LogP contribution in [0.1, 0.15) is 32.1 Å². The number of carbonyl (C=O) groups is 2. The molecule has 0 spiro atoms. The van der Waals surface area contributed by atoms with Crippen molar-refractivity contribution in [2.75, 3.05) is 18.3 Å². The van der Waals surface area contributed by atoms with Crippen LogP contribution in [-0.4, -0.2) is 31.0 Å². The van der Waals surface area contributed by atoms with E-state index in [1.807, 2.05) is 0 Å². The molecule has 1 unspecified atom stereocenters. The highest BCUT2D eigenvalue weighted by atomic mass is 35.5. The van der Waals surface area contributed by atoms with E-state index in [-0.39, 0.29) is 17.7 Å². The Hall–Kier alpha value is -1.75. The third-order valence-corrected chi connectivity index (χ3v) is 4.28. The summed E-state index contributed by atoms with van der Waals surface area (Å²) in [6.07, 6.45) is 4.24. The molecule has 0 radical (unpaired) electrons. The van der Waals surface area contributed by atoms with Gasteiger partial charge in [0.2, 0.25) is 0 Å². The van der Waals surface area contributed by atoms with Gasteiger partial charge in [0.25, 0.3) is 5.91 Å². The average Bonchev–Trinajstić information content (AvgIpc) is 2.60. The van der Waals surface area contributed by atoms with Crippen molar-refractivity contribution in [1.82, 2.24) is 0 Å². The molecule has 0 heterocycles. The summed E-state index contributed by atoms with van der Waals surface area (Å²) in [5.74, 6) is -0.360. The van der Waals surface area contributed by atoms with E-state index in [2.05, 4.69) is 5.32 Å². The van der Waals surface area contributed by atoms with E-state index in [9.17, 15) is 9.59 Å². The number of benzene rings is 1. The molecule has 6 heteroatoms. The molecule has 2 rings (SSSR count). The SMILES string of the molecule is COc1ccc(NC(=O)C(OC(=O)CCl)C2CCCCC2)cc1. The first-order valence-electron chi connectivity index (χ1n) is 7.84. The number of hydrogen-bond acceptors (Lipinski definition) is 4. The predicted octanol–water partition coefficient (Wildman–Crippen LogP) is 3.36. The second kappa shape index (κ2) is 8.77. The van der Waals surface area contributed by atoms with Crippen LogP contribution < -0.4 is 10.1 Å². The Labute approximate surface area is 141 Å². The summed E-state index contributed by atoms with van der Waals surface area (Å²) in [7, 11) is 1.58. The molecular weight excluding hydrogens is 318 g/mol. The smallest absolute Gasteiger partial charge is 0.321 e. The lowest BCUT2D eigenvalue weighted by Crippen LogP contribution is -2.39. The van der Waals surface area contributed by atoms with E-state index in [0.29, 0.717) is 11.4 Å². The summed E-state index contributed by atoms with van der Waals surface area (Å²) in [5, 5.41) is 2.81. The zero-order valence-electron chi connectivity index (χ0n) is 13.2. The Bertz CT molecular complexity index is 526. The first-order valence-corrected chi connectivity index (χ1v) is 8.38. The number of hydrogen-bond donors (Lipinski definition) is 1. The molecule has 1 amide bonds. The number of esters is 1. The van der Waals surface area contributed by atoms with Crippen LogP contribution in [0.15, 0.2) is 24.3 Å². The highest BCUT2D eigenvalue weighted by molar-refractivity contribution is 6.26. The van der Waals surface area contributed by atoms with Gasteiger partial charge in [0.15, 0.2) is 6.10 Å². The molecule has 23 heavy (non-hydrogen) atoms. The van der Waals surface area contributed by atoms with Gasteiger partial charge < -0.3 is 14.8 Å². The van der Waals surface area contributed by atoms with Gasteiger partial charge in [-0.25, -0.2) is 0 Å². The zero-order chi connectivity index (χ0) is 16.7. The Morgan fingerprint density at radius 1 is 1.22 bits per heavy atom. The number of nitrogens with one attached hydrogen (secondary N) is 1. The van der Waals surface area contributed by atoms with Gasteiger partial charge in [-0.15, -0.1) is 11.6 Å². The molecule has 1 atom stereocenters. The maximum absolute atomic E-state index is 12.6. The minimum Gasteiger partial charge on any atom is -0.497 e. The molecule has 0 aliphatic heterocycles. The van der Waals surface area contributed by atoms with Crippen LogP contribution in [0.3, 0.4) is 0 Å². The fraction of sp³-hybridized carbons (Fsp3) is 0.529. The number of amides is 1. The van der Waals surface area contributed by atoms with Crippen LogP contribution in [0, 0.1) is 5.92 Å². The van der Waals surface area contributed by atoms with Crippen molar-refractivity contribution in [3.8, 4) is 5.75 Å². The summed E-state index contributed by atoms with van der Waals surface area (Å²) in [4.78, 5) is 24.1. The number of alkyl halides is 1. The summed E-state index contributed by atoms with van der Waals surface area (Å²) in [6, 6.07) is 7.02. The van der Waals surface area contributed by atoms with Crippen molar-refractivity contribution in [2.45, 2.75) is 38.2 Å². The van der Waals surface area contributed by atoms with Crippen LogP contribution in [0.2, 0.25) is 0 Å². The van der Waals surface area contributed by atoms with Gasteiger partial charge in [0.1, 0.15) is 11.6 Å². The van der Waals surface area contributed by atoms with Gasteiger partial charge in [0.05, 0.1) is 7.11 Å². The molecule has 1 fully saturated rings. The third kappa shape index (κ3) is 5.13. The molecular formula is C17H22ClNO4. The average molecular weight is 340 g/mol. The normalized spacial score (nSPS) is 16.4. The Balaban J connectivity index is 2.06. The lowest BCUT2D eigenvalue weighted by atomic mass is 9.85. The number of ether oxygens (including phenoxy) is 2. The maximum atomic E-state index is 12.6. The number of carbonyl (C=O) groups excluding carboxylic acids is 2. The molecule has 1 aliphatic rings. The van der Waals surface area contributed by atoms with E-state index < -0.39 is 12.1 Å². The molecule has 1 aliphatic carbocycles. The fourth-order valence-corrected chi connectivity index (χ4v) is 2.92. The van der Waals surface area contributed by atoms with Crippen LogP contribution in [0.25, 0.3) is 0 Å². The predicted molar refractivity (Wildman–Crippen MR) is 88.8 cm³/mol. The maximum Gasteiger partial charge on any atom is 0.321 e. The van der Waals surface area contributed by atoms with Crippen LogP contribution >= 0.6 is 11.6 Å². The highest BCUT2D eigenvalue weighted by Gasteiger charge is 2.32. The molecule has 0 bridgehead atoms. The van der Waals surface area contributed by atoms with Gasteiger partial charge in [-0.1, -0.05) is 19.3 Å². The first-order chi connectivity index (χ1) is 11.1. The minimum absolute atomic E-state index is 0.0502. The quantitative estimate of drug-likeness (QED) is 0.637. The zero-order valence-corrected chi connectivity index (χ0v) is 14.0. The number of halogens is 1. The van der Waals surface area contributed by atoms with Crippen molar-refractivity contribution < 1.29 is 19.1 Å². The van der Waals surface area contributed by atoms with Crippen molar-refractivity contribution in [2.24, 2.45) is 5.92 Å². The Kier molecular flexibility index (Phi) is 6.71. The number of rotatable bonds is 6. The highest BCUT2D eigenvalue weighted by Crippen LogP contribution is 2.29. The summed E-state index contributed by atoms with van der Waals surface area (Å²) >= 11 is 5.51. The Morgan fingerprint density at radius 3 is 2.43 bits per heavy atom.